The van der Waals surface area contributed by atoms with Gasteiger partial charge in [0.15, 0.2) is 6.10 Å². The minimum absolute atomic E-state index is 0.208. The molecule has 0 unspecified atom stereocenters. The number of para-hydroxylation sites is 1. The third kappa shape index (κ3) is 4.25. The molecule has 1 N–H and O–H groups in total. The minimum atomic E-state index is -0.598. The van der Waals surface area contributed by atoms with Gasteiger partial charge >= 0.3 is 0 Å². The van der Waals surface area contributed by atoms with Crippen LogP contribution in [0.5, 0.6) is 5.75 Å². The zero-order valence-corrected chi connectivity index (χ0v) is 13.7. The Morgan fingerprint density at radius 3 is 2.50 bits per heavy atom. The normalized spacial score (nSPS) is 12.0. The maximum Gasteiger partial charge on any atom is 0.265 e. The number of anilines is 1. The molecular formula is C18H20ClNO2. The summed E-state index contributed by atoms with van der Waals surface area (Å²) >= 11 is 5.91. The number of carbonyl (C=O) groups is 1. The van der Waals surface area contributed by atoms with Gasteiger partial charge in [0.25, 0.3) is 5.91 Å². The lowest BCUT2D eigenvalue weighted by Crippen LogP contribution is -2.30. The first-order chi connectivity index (χ1) is 10.5. The minimum Gasteiger partial charge on any atom is -0.481 e. The fourth-order valence-corrected chi connectivity index (χ4v) is 2.31. The number of ether oxygens (including phenoxy) is 1. The lowest BCUT2D eigenvalue weighted by atomic mass is 10.0. The molecule has 0 spiro atoms. The standard InChI is InChI=1S/C18H20ClNO2/c1-12(2)16-9-4-5-10-17(16)22-13(3)18(21)20-15-8-6-7-14(19)11-15/h4-13H,1-3H3,(H,20,21)/t13-/m0/s1. The van der Waals surface area contributed by atoms with E-state index in [1.54, 1.807) is 31.2 Å². The van der Waals surface area contributed by atoms with Gasteiger partial charge in [-0.25, -0.2) is 0 Å². The number of halogens is 1. The molecule has 2 aromatic rings. The number of benzene rings is 2. The quantitative estimate of drug-likeness (QED) is 0.854. The van der Waals surface area contributed by atoms with E-state index < -0.39 is 6.10 Å². The Morgan fingerprint density at radius 2 is 1.82 bits per heavy atom. The topological polar surface area (TPSA) is 38.3 Å². The van der Waals surface area contributed by atoms with Crippen LogP contribution < -0.4 is 10.1 Å². The van der Waals surface area contributed by atoms with Crippen LogP contribution in [0.4, 0.5) is 5.69 Å². The number of rotatable bonds is 5. The number of carbonyl (C=O) groups excluding carboxylic acids is 1. The van der Waals surface area contributed by atoms with E-state index in [1.165, 1.54) is 0 Å². The van der Waals surface area contributed by atoms with E-state index in [-0.39, 0.29) is 5.91 Å². The van der Waals surface area contributed by atoms with Gasteiger partial charge in [-0.05, 0) is 42.7 Å². The molecule has 1 amide bonds. The van der Waals surface area contributed by atoms with Crippen molar-refractivity contribution in [1.82, 2.24) is 0 Å². The zero-order chi connectivity index (χ0) is 16.1. The van der Waals surface area contributed by atoms with Crippen LogP contribution in [0.1, 0.15) is 32.3 Å². The molecule has 0 saturated carbocycles. The van der Waals surface area contributed by atoms with Crippen molar-refractivity contribution in [3.8, 4) is 5.75 Å². The van der Waals surface area contributed by atoms with Gasteiger partial charge in [-0.2, -0.15) is 0 Å². The Labute approximate surface area is 136 Å². The second-order valence-electron chi connectivity index (χ2n) is 5.45. The molecule has 0 aliphatic rings. The molecule has 22 heavy (non-hydrogen) atoms. The second-order valence-corrected chi connectivity index (χ2v) is 5.89. The molecule has 0 radical (unpaired) electrons. The molecule has 3 nitrogen and oxygen atoms in total. The van der Waals surface area contributed by atoms with Crippen LogP contribution in [0.3, 0.4) is 0 Å². The van der Waals surface area contributed by atoms with Gasteiger partial charge in [-0.3, -0.25) is 4.79 Å². The molecule has 0 saturated heterocycles. The molecule has 0 aliphatic heterocycles. The molecule has 2 rings (SSSR count). The Kier molecular flexibility index (Phi) is 5.45. The smallest absolute Gasteiger partial charge is 0.265 e. The molecule has 2 aromatic carbocycles. The monoisotopic (exact) mass is 317 g/mol. The molecule has 0 aromatic heterocycles. The van der Waals surface area contributed by atoms with Crippen molar-refractivity contribution < 1.29 is 9.53 Å². The first kappa shape index (κ1) is 16.4. The summed E-state index contributed by atoms with van der Waals surface area (Å²) in [6.45, 7) is 5.93. The summed E-state index contributed by atoms with van der Waals surface area (Å²) in [7, 11) is 0. The molecule has 0 fully saturated rings. The third-order valence-corrected chi connectivity index (χ3v) is 3.54. The molecule has 1 atom stereocenters. The van der Waals surface area contributed by atoms with Crippen molar-refractivity contribution in [2.75, 3.05) is 5.32 Å². The van der Waals surface area contributed by atoms with Crippen molar-refractivity contribution >= 4 is 23.2 Å². The first-order valence-corrected chi connectivity index (χ1v) is 7.67. The van der Waals surface area contributed by atoms with Crippen LogP contribution in [0.2, 0.25) is 5.02 Å². The van der Waals surface area contributed by atoms with Crippen LogP contribution in [-0.4, -0.2) is 12.0 Å². The van der Waals surface area contributed by atoms with Crippen molar-refractivity contribution in [2.24, 2.45) is 0 Å². The molecule has 116 valence electrons. The number of hydrogen-bond donors (Lipinski definition) is 1. The summed E-state index contributed by atoms with van der Waals surface area (Å²) < 4.78 is 5.83. The zero-order valence-electron chi connectivity index (χ0n) is 13.0. The van der Waals surface area contributed by atoms with E-state index in [1.807, 2.05) is 24.3 Å². The van der Waals surface area contributed by atoms with Crippen molar-refractivity contribution in [3.05, 3.63) is 59.1 Å². The molecule has 0 bridgehead atoms. The van der Waals surface area contributed by atoms with Crippen molar-refractivity contribution in [1.29, 1.82) is 0 Å². The van der Waals surface area contributed by atoms with Gasteiger partial charge in [0.05, 0.1) is 0 Å². The highest BCUT2D eigenvalue weighted by atomic mass is 35.5. The van der Waals surface area contributed by atoms with Gasteiger partial charge in [0.1, 0.15) is 5.75 Å². The predicted octanol–water partition coefficient (Wildman–Crippen LogP) is 4.87. The molecule has 0 heterocycles. The Morgan fingerprint density at radius 1 is 1.09 bits per heavy atom. The highest BCUT2D eigenvalue weighted by Gasteiger charge is 2.17. The van der Waals surface area contributed by atoms with E-state index in [0.717, 1.165) is 11.3 Å². The number of nitrogens with one attached hydrogen (secondary N) is 1. The maximum atomic E-state index is 12.2. The van der Waals surface area contributed by atoms with Gasteiger partial charge < -0.3 is 10.1 Å². The Balaban J connectivity index is 2.06. The van der Waals surface area contributed by atoms with Gasteiger partial charge in [-0.15, -0.1) is 0 Å². The maximum absolute atomic E-state index is 12.2. The fourth-order valence-electron chi connectivity index (χ4n) is 2.12. The second kappa shape index (κ2) is 7.32. The Bertz CT molecular complexity index is 655. The highest BCUT2D eigenvalue weighted by Crippen LogP contribution is 2.27. The van der Waals surface area contributed by atoms with Gasteiger partial charge in [0, 0.05) is 10.7 Å². The Hall–Kier alpha value is -2.00. The van der Waals surface area contributed by atoms with Gasteiger partial charge in [0.2, 0.25) is 0 Å². The number of hydrogen-bond acceptors (Lipinski definition) is 2. The van der Waals surface area contributed by atoms with E-state index in [0.29, 0.717) is 16.6 Å². The lowest BCUT2D eigenvalue weighted by Gasteiger charge is -2.18. The lowest BCUT2D eigenvalue weighted by molar-refractivity contribution is -0.122. The average molecular weight is 318 g/mol. The SMILES string of the molecule is CC(C)c1ccccc1O[C@@H](C)C(=O)Nc1cccc(Cl)c1. The summed E-state index contributed by atoms with van der Waals surface area (Å²) in [5, 5.41) is 3.38. The van der Waals surface area contributed by atoms with Crippen LogP contribution in [0.25, 0.3) is 0 Å². The third-order valence-electron chi connectivity index (χ3n) is 3.31. The van der Waals surface area contributed by atoms with Crippen molar-refractivity contribution in [3.63, 3.8) is 0 Å². The van der Waals surface area contributed by atoms with Crippen LogP contribution in [-0.2, 0) is 4.79 Å². The molecular weight excluding hydrogens is 298 g/mol. The largest absolute Gasteiger partial charge is 0.481 e. The summed E-state index contributed by atoms with van der Waals surface area (Å²) in [6.07, 6.45) is -0.598. The fraction of sp³-hybridized carbons (Fsp3) is 0.278. The summed E-state index contributed by atoms with van der Waals surface area (Å²) in [6, 6.07) is 14.8. The molecule has 0 aliphatic carbocycles. The summed E-state index contributed by atoms with van der Waals surface area (Å²) in [5.74, 6) is 0.867. The predicted molar refractivity (Wildman–Crippen MR) is 90.7 cm³/mol. The van der Waals surface area contributed by atoms with E-state index in [9.17, 15) is 4.79 Å². The van der Waals surface area contributed by atoms with Gasteiger partial charge in [-0.1, -0.05) is 49.7 Å². The molecule has 4 heteroatoms. The summed E-state index contributed by atoms with van der Waals surface area (Å²) in [4.78, 5) is 12.2. The number of amides is 1. The van der Waals surface area contributed by atoms with E-state index in [4.69, 9.17) is 16.3 Å². The van der Waals surface area contributed by atoms with Crippen LogP contribution in [0, 0.1) is 0 Å². The van der Waals surface area contributed by atoms with Crippen molar-refractivity contribution in [2.45, 2.75) is 32.8 Å². The highest BCUT2D eigenvalue weighted by molar-refractivity contribution is 6.30. The van der Waals surface area contributed by atoms with E-state index in [2.05, 4.69) is 19.2 Å². The average Bonchev–Trinajstić information content (AvgIpc) is 2.47. The van der Waals surface area contributed by atoms with Crippen LogP contribution >= 0.6 is 11.6 Å². The first-order valence-electron chi connectivity index (χ1n) is 7.29. The summed E-state index contributed by atoms with van der Waals surface area (Å²) in [5.41, 5.74) is 1.75. The van der Waals surface area contributed by atoms with E-state index >= 15 is 0 Å². The van der Waals surface area contributed by atoms with Crippen LogP contribution in [0.15, 0.2) is 48.5 Å².